The van der Waals surface area contributed by atoms with Crippen molar-refractivity contribution < 1.29 is 14.2 Å². The van der Waals surface area contributed by atoms with Crippen LogP contribution in [0.1, 0.15) is 12.5 Å². The molecule has 0 bridgehead atoms. The summed E-state index contributed by atoms with van der Waals surface area (Å²) < 4.78 is 16.8. The summed E-state index contributed by atoms with van der Waals surface area (Å²) in [6.45, 7) is 2.09. The number of ether oxygens (including phenoxy) is 3. The Labute approximate surface area is 119 Å². The summed E-state index contributed by atoms with van der Waals surface area (Å²) in [6.07, 6.45) is 1.18. The van der Waals surface area contributed by atoms with Crippen LogP contribution in [0.5, 0.6) is 17.2 Å². The first kappa shape index (κ1) is 12.9. The van der Waals surface area contributed by atoms with E-state index in [1.807, 2.05) is 18.2 Å². The fourth-order valence-corrected chi connectivity index (χ4v) is 2.67. The first-order valence-electron chi connectivity index (χ1n) is 6.74. The van der Waals surface area contributed by atoms with Gasteiger partial charge in [0, 0.05) is 17.5 Å². The standard InChI is InChI=1S/C17H18O3/c1-11-9-12-5-4-6-14(17(12)20-11)15-10-13(18-2)7-8-16(15)19-3/h4-8,10-11H,9H2,1-3H3. The van der Waals surface area contributed by atoms with Crippen LogP contribution < -0.4 is 14.2 Å². The Morgan fingerprint density at radius 1 is 1.05 bits per heavy atom. The number of para-hydroxylation sites is 1. The van der Waals surface area contributed by atoms with E-state index in [1.54, 1.807) is 14.2 Å². The van der Waals surface area contributed by atoms with Gasteiger partial charge in [-0.25, -0.2) is 0 Å². The molecule has 1 aliphatic heterocycles. The molecule has 1 aliphatic rings. The largest absolute Gasteiger partial charge is 0.497 e. The van der Waals surface area contributed by atoms with Crippen LogP contribution in [-0.4, -0.2) is 20.3 Å². The normalized spacial score (nSPS) is 16.4. The fourth-order valence-electron chi connectivity index (χ4n) is 2.67. The molecule has 0 fully saturated rings. The zero-order valence-corrected chi connectivity index (χ0v) is 12.0. The van der Waals surface area contributed by atoms with E-state index < -0.39 is 0 Å². The molecular weight excluding hydrogens is 252 g/mol. The van der Waals surface area contributed by atoms with Gasteiger partial charge < -0.3 is 14.2 Å². The van der Waals surface area contributed by atoms with Gasteiger partial charge in [-0.1, -0.05) is 18.2 Å². The molecule has 0 aromatic heterocycles. The summed E-state index contributed by atoms with van der Waals surface area (Å²) in [7, 11) is 3.34. The molecule has 2 aromatic carbocycles. The van der Waals surface area contributed by atoms with Crippen molar-refractivity contribution in [2.45, 2.75) is 19.4 Å². The van der Waals surface area contributed by atoms with Gasteiger partial charge >= 0.3 is 0 Å². The molecule has 0 amide bonds. The molecule has 0 radical (unpaired) electrons. The maximum absolute atomic E-state index is 5.97. The van der Waals surface area contributed by atoms with Gasteiger partial charge in [-0.2, -0.15) is 0 Å². The number of rotatable bonds is 3. The van der Waals surface area contributed by atoms with E-state index in [4.69, 9.17) is 14.2 Å². The Balaban J connectivity index is 2.17. The van der Waals surface area contributed by atoms with E-state index in [0.717, 1.165) is 34.8 Å². The van der Waals surface area contributed by atoms with Crippen LogP contribution in [0.2, 0.25) is 0 Å². The second-order valence-corrected chi connectivity index (χ2v) is 4.99. The Hall–Kier alpha value is -2.16. The molecule has 3 nitrogen and oxygen atoms in total. The summed E-state index contributed by atoms with van der Waals surface area (Å²) in [5.74, 6) is 2.60. The van der Waals surface area contributed by atoms with Crippen LogP contribution in [0.3, 0.4) is 0 Å². The summed E-state index contributed by atoms with van der Waals surface area (Å²) in [4.78, 5) is 0. The van der Waals surface area contributed by atoms with Crippen molar-refractivity contribution in [1.29, 1.82) is 0 Å². The van der Waals surface area contributed by atoms with Gasteiger partial charge in [-0.05, 0) is 30.7 Å². The lowest BCUT2D eigenvalue weighted by Crippen LogP contribution is -2.05. The number of hydrogen-bond donors (Lipinski definition) is 0. The second kappa shape index (κ2) is 5.08. The highest BCUT2D eigenvalue weighted by Gasteiger charge is 2.23. The summed E-state index contributed by atoms with van der Waals surface area (Å²) in [6, 6.07) is 12.1. The van der Waals surface area contributed by atoms with Crippen LogP contribution in [-0.2, 0) is 6.42 Å². The molecule has 0 aliphatic carbocycles. The maximum atomic E-state index is 5.97. The van der Waals surface area contributed by atoms with E-state index >= 15 is 0 Å². The van der Waals surface area contributed by atoms with Crippen LogP contribution in [0.25, 0.3) is 11.1 Å². The van der Waals surface area contributed by atoms with Crippen LogP contribution in [0, 0.1) is 0 Å². The molecule has 1 heterocycles. The van der Waals surface area contributed by atoms with Crippen molar-refractivity contribution in [3.63, 3.8) is 0 Å². The lowest BCUT2D eigenvalue weighted by atomic mass is 9.99. The Kier molecular flexibility index (Phi) is 3.26. The fraction of sp³-hybridized carbons (Fsp3) is 0.294. The van der Waals surface area contributed by atoms with E-state index in [2.05, 4.69) is 25.1 Å². The first-order chi connectivity index (χ1) is 9.72. The van der Waals surface area contributed by atoms with Gasteiger partial charge in [-0.15, -0.1) is 0 Å². The Morgan fingerprint density at radius 2 is 1.90 bits per heavy atom. The highest BCUT2D eigenvalue weighted by Crippen LogP contribution is 2.43. The van der Waals surface area contributed by atoms with Crippen molar-refractivity contribution in [2.75, 3.05) is 14.2 Å². The zero-order chi connectivity index (χ0) is 14.1. The van der Waals surface area contributed by atoms with Gasteiger partial charge in [-0.3, -0.25) is 0 Å². The van der Waals surface area contributed by atoms with E-state index in [-0.39, 0.29) is 6.10 Å². The number of hydrogen-bond acceptors (Lipinski definition) is 3. The van der Waals surface area contributed by atoms with Gasteiger partial charge in [0.05, 0.1) is 14.2 Å². The molecular formula is C17H18O3. The van der Waals surface area contributed by atoms with Crippen molar-refractivity contribution in [1.82, 2.24) is 0 Å². The van der Waals surface area contributed by atoms with Crippen molar-refractivity contribution in [3.05, 3.63) is 42.0 Å². The van der Waals surface area contributed by atoms with Crippen LogP contribution in [0.15, 0.2) is 36.4 Å². The van der Waals surface area contributed by atoms with Crippen molar-refractivity contribution >= 4 is 0 Å². The molecule has 0 saturated heterocycles. The Bertz CT molecular complexity index is 634. The average molecular weight is 270 g/mol. The number of benzene rings is 2. The number of fused-ring (bicyclic) bond motifs is 1. The third-order valence-electron chi connectivity index (χ3n) is 3.62. The Morgan fingerprint density at radius 3 is 2.65 bits per heavy atom. The maximum Gasteiger partial charge on any atom is 0.131 e. The predicted molar refractivity (Wildman–Crippen MR) is 78.8 cm³/mol. The molecule has 104 valence electrons. The molecule has 3 rings (SSSR count). The molecule has 0 N–H and O–H groups in total. The smallest absolute Gasteiger partial charge is 0.131 e. The van der Waals surface area contributed by atoms with E-state index in [9.17, 15) is 0 Å². The minimum Gasteiger partial charge on any atom is -0.497 e. The van der Waals surface area contributed by atoms with Gasteiger partial charge in [0.1, 0.15) is 23.4 Å². The molecule has 3 heteroatoms. The van der Waals surface area contributed by atoms with Gasteiger partial charge in [0.25, 0.3) is 0 Å². The van der Waals surface area contributed by atoms with Gasteiger partial charge in [0.15, 0.2) is 0 Å². The lowest BCUT2D eigenvalue weighted by molar-refractivity contribution is 0.255. The molecule has 1 unspecified atom stereocenters. The summed E-state index contributed by atoms with van der Waals surface area (Å²) in [5, 5.41) is 0. The minimum absolute atomic E-state index is 0.225. The molecule has 2 aromatic rings. The monoisotopic (exact) mass is 270 g/mol. The first-order valence-corrected chi connectivity index (χ1v) is 6.74. The SMILES string of the molecule is COc1ccc(OC)c(-c2cccc3c2OC(C)C3)c1. The average Bonchev–Trinajstić information content (AvgIpc) is 2.86. The predicted octanol–water partition coefficient (Wildman–Crippen LogP) is 3.69. The second-order valence-electron chi connectivity index (χ2n) is 4.99. The van der Waals surface area contributed by atoms with Crippen molar-refractivity contribution in [2.24, 2.45) is 0 Å². The summed E-state index contributed by atoms with van der Waals surface area (Å²) in [5.41, 5.74) is 3.31. The third kappa shape index (κ3) is 2.09. The molecule has 1 atom stereocenters. The summed E-state index contributed by atoms with van der Waals surface area (Å²) >= 11 is 0. The topological polar surface area (TPSA) is 27.7 Å². The molecule has 20 heavy (non-hydrogen) atoms. The quantitative estimate of drug-likeness (QED) is 0.851. The highest BCUT2D eigenvalue weighted by atomic mass is 16.5. The van der Waals surface area contributed by atoms with E-state index in [1.165, 1.54) is 5.56 Å². The van der Waals surface area contributed by atoms with Gasteiger partial charge in [0.2, 0.25) is 0 Å². The van der Waals surface area contributed by atoms with Crippen LogP contribution >= 0.6 is 0 Å². The van der Waals surface area contributed by atoms with Crippen LogP contribution in [0.4, 0.5) is 0 Å². The highest BCUT2D eigenvalue weighted by molar-refractivity contribution is 5.78. The number of methoxy groups -OCH3 is 2. The molecule has 0 spiro atoms. The molecule has 0 saturated carbocycles. The third-order valence-corrected chi connectivity index (χ3v) is 3.62. The van der Waals surface area contributed by atoms with E-state index in [0.29, 0.717) is 0 Å². The van der Waals surface area contributed by atoms with Crippen molar-refractivity contribution in [3.8, 4) is 28.4 Å². The lowest BCUT2D eigenvalue weighted by Gasteiger charge is -2.14. The minimum atomic E-state index is 0.225. The zero-order valence-electron chi connectivity index (χ0n) is 12.0.